The van der Waals surface area contributed by atoms with Crippen LogP contribution in [0.25, 0.3) is 0 Å². The number of carbonyl (C=O) groups is 1. The maximum absolute atomic E-state index is 11.9. The van der Waals surface area contributed by atoms with Gasteiger partial charge in [-0.1, -0.05) is 18.2 Å². The fourth-order valence-electron chi connectivity index (χ4n) is 1.90. The van der Waals surface area contributed by atoms with Crippen LogP contribution in [0.15, 0.2) is 24.3 Å². The van der Waals surface area contributed by atoms with Gasteiger partial charge in [0.25, 0.3) is 0 Å². The summed E-state index contributed by atoms with van der Waals surface area (Å²) in [5, 5.41) is 9.63. The van der Waals surface area contributed by atoms with Crippen molar-refractivity contribution in [3.63, 3.8) is 0 Å². The topological polar surface area (TPSA) is 43.8 Å². The molecule has 4 nitrogen and oxygen atoms in total. The zero-order valence-electron chi connectivity index (χ0n) is 12.1. The molecule has 0 bridgehead atoms. The second-order valence-corrected chi connectivity index (χ2v) is 5.10. The highest BCUT2D eigenvalue weighted by atomic mass is 16.3. The van der Waals surface area contributed by atoms with Crippen molar-refractivity contribution in [1.82, 2.24) is 9.80 Å². The number of hydrogen-bond acceptors (Lipinski definition) is 3. The number of phenols is 1. The van der Waals surface area contributed by atoms with Crippen LogP contribution in [-0.4, -0.2) is 55.0 Å². The van der Waals surface area contributed by atoms with Crippen LogP contribution in [0.5, 0.6) is 5.75 Å². The predicted molar refractivity (Wildman–Crippen MR) is 77.2 cm³/mol. The maximum Gasteiger partial charge on any atom is 0.222 e. The van der Waals surface area contributed by atoms with Crippen molar-refractivity contribution in [3.8, 4) is 5.75 Å². The number of aryl methyl sites for hydroxylation is 1. The number of nitrogens with zero attached hydrogens (tertiary/aromatic N) is 2. The highest BCUT2D eigenvalue weighted by Crippen LogP contribution is 2.17. The van der Waals surface area contributed by atoms with Gasteiger partial charge in [-0.15, -0.1) is 0 Å². The van der Waals surface area contributed by atoms with Crippen LogP contribution in [0.4, 0.5) is 0 Å². The first-order valence-corrected chi connectivity index (χ1v) is 6.66. The minimum absolute atomic E-state index is 0.127. The summed E-state index contributed by atoms with van der Waals surface area (Å²) in [6.45, 7) is 1.76. The third kappa shape index (κ3) is 5.75. The van der Waals surface area contributed by atoms with Gasteiger partial charge in [-0.2, -0.15) is 0 Å². The molecule has 1 aromatic rings. The molecule has 0 saturated carbocycles. The normalized spacial score (nSPS) is 10.7. The van der Waals surface area contributed by atoms with Gasteiger partial charge in [-0.3, -0.25) is 4.79 Å². The van der Waals surface area contributed by atoms with E-state index in [-0.39, 0.29) is 11.7 Å². The standard InChI is InChI=1S/C15H24N2O2/c1-16(2)11-6-12-17(3)15(19)10-9-13-7-4-5-8-14(13)18/h4-5,7-8,18H,6,9-12H2,1-3H3. The molecule has 1 N–H and O–H groups in total. The summed E-state index contributed by atoms with van der Waals surface area (Å²) in [5.41, 5.74) is 0.831. The summed E-state index contributed by atoms with van der Waals surface area (Å²) in [7, 11) is 5.89. The molecule has 0 saturated heterocycles. The van der Waals surface area contributed by atoms with Gasteiger partial charge >= 0.3 is 0 Å². The highest BCUT2D eigenvalue weighted by molar-refractivity contribution is 5.76. The smallest absolute Gasteiger partial charge is 0.222 e. The van der Waals surface area contributed by atoms with E-state index in [2.05, 4.69) is 4.90 Å². The van der Waals surface area contributed by atoms with Crippen molar-refractivity contribution in [2.75, 3.05) is 34.2 Å². The maximum atomic E-state index is 11.9. The van der Waals surface area contributed by atoms with Gasteiger partial charge in [-0.05, 0) is 45.1 Å². The number of hydrogen-bond donors (Lipinski definition) is 1. The molecule has 1 rings (SSSR count). The number of aromatic hydroxyl groups is 1. The van der Waals surface area contributed by atoms with Crippen molar-refractivity contribution in [3.05, 3.63) is 29.8 Å². The molecule has 0 radical (unpaired) electrons. The molecule has 0 spiro atoms. The Hall–Kier alpha value is -1.55. The number of phenolic OH excluding ortho intramolecular Hbond substituents is 1. The second-order valence-electron chi connectivity index (χ2n) is 5.10. The van der Waals surface area contributed by atoms with Gasteiger partial charge in [0, 0.05) is 20.0 Å². The Morgan fingerprint density at radius 1 is 1.16 bits per heavy atom. The van der Waals surface area contributed by atoms with Crippen molar-refractivity contribution in [1.29, 1.82) is 0 Å². The van der Waals surface area contributed by atoms with Crippen LogP contribution >= 0.6 is 0 Å². The van der Waals surface area contributed by atoms with Crippen molar-refractivity contribution >= 4 is 5.91 Å². The van der Waals surface area contributed by atoms with Crippen molar-refractivity contribution in [2.24, 2.45) is 0 Å². The Morgan fingerprint density at radius 3 is 2.47 bits per heavy atom. The summed E-state index contributed by atoms with van der Waals surface area (Å²) in [4.78, 5) is 15.8. The molecule has 0 aliphatic carbocycles. The number of para-hydroxylation sites is 1. The molecule has 1 aromatic carbocycles. The quantitative estimate of drug-likeness (QED) is 0.815. The lowest BCUT2D eigenvalue weighted by Gasteiger charge is -2.18. The Balaban J connectivity index is 2.32. The molecule has 106 valence electrons. The SMILES string of the molecule is CN(C)CCCN(C)C(=O)CCc1ccccc1O. The van der Waals surface area contributed by atoms with Crippen LogP contribution in [0.3, 0.4) is 0 Å². The summed E-state index contributed by atoms with van der Waals surface area (Å²) in [6, 6.07) is 7.17. The van der Waals surface area contributed by atoms with Crippen LogP contribution in [0.1, 0.15) is 18.4 Å². The minimum Gasteiger partial charge on any atom is -0.508 e. The molecular weight excluding hydrogens is 240 g/mol. The molecule has 0 heterocycles. The zero-order valence-corrected chi connectivity index (χ0v) is 12.1. The number of benzene rings is 1. The van der Waals surface area contributed by atoms with Gasteiger partial charge in [0.2, 0.25) is 5.91 Å². The van der Waals surface area contributed by atoms with E-state index in [1.54, 1.807) is 17.0 Å². The molecular formula is C15H24N2O2. The first-order chi connectivity index (χ1) is 9.00. The van der Waals surface area contributed by atoms with Gasteiger partial charge in [-0.25, -0.2) is 0 Å². The van der Waals surface area contributed by atoms with E-state index in [4.69, 9.17) is 0 Å². The Bertz CT molecular complexity index is 405. The summed E-state index contributed by atoms with van der Waals surface area (Å²) >= 11 is 0. The zero-order chi connectivity index (χ0) is 14.3. The molecule has 1 amide bonds. The molecule has 0 unspecified atom stereocenters. The Labute approximate surface area is 115 Å². The second kappa shape index (κ2) is 7.79. The van der Waals surface area contributed by atoms with Crippen LogP contribution in [-0.2, 0) is 11.2 Å². The number of carbonyl (C=O) groups excluding carboxylic acids is 1. The third-order valence-electron chi connectivity index (χ3n) is 3.12. The van der Waals surface area contributed by atoms with Crippen LogP contribution < -0.4 is 0 Å². The first kappa shape index (κ1) is 15.5. The van der Waals surface area contributed by atoms with Gasteiger partial charge in [0.15, 0.2) is 0 Å². The number of amides is 1. The summed E-state index contributed by atoms with van der Waals surface area (Å²) in [5.74, 6) is 0.396. The fraction of sp³-hybridized carbons (Fsp3) is 0.533. The molecule has 4 heteroatoms. The summed E-state index contributed by atoms with van der Waals surface area (Å²) in [6.07, 6.45) is 2.01. The van der Waals surface area contributed by atoms with Gasteiger partial charge < -0.3 is 14.9 Å². The lowest BCUT2D eigenvalue weighted by Crippen LogP contribution is -2.29. The van der Waals surface area contributed by atoms with Gasteiger partial charge in [0.1, 0.15) is 5.75 Å². The molecule has 0 atom stereocenters. The van der Waals surface area contributed by atoms with Crippen molar-refractivity contribution < 1.29 is 9.90 Å². The monoisotopic (exact) mass is 264 g/mol. The molecule has 0 fully saturated rings. The minimum atomic E-state index is 0.127. The van der Waals surface area contributed by atoms with Gasteiger partial charge in [0.05, 0.1) is 0 Å². The lowest BCUT2D eigenvalue weighted by molar-refractivity contribution is -0.129. The van der Waals surface area contributed by atoms with E-state index >= 15 is 0 Å². The lowest BCUT2D eigenvalue weighted by atomic mass is 10.1. The largest absolute Gasteiger partial charge is 0.508 e. The first-order valence-electron chi connectivity index (χ1n) is 6.66. The molecule has 0 aliphatic heterocycles. The van der Waals surface area contributed by atoms with E-state index < -0.39 is 0 Å². The average Bonchev–Trinajstić information content (AvgIpc) is 2.36. The summed E-state index contributed by atoms with van der Waals surface area (Å²) < 4.78 is 0. The Kier molecular flexibility index (Phi) is 6.36. The van der Waals surface area contributed by atoms with Crippen LogP contribution in [0, 0.1) is 0 Å². The predicted octanol–water partition coefficient (Wildman–Crippen LogP) is 1.73. The fourth-order valence-corrected chi connectivity index (χ4v) is 1.90. The third-order valence-corrected chi connectivity index (χ3v) is 3.12. The van der Waals surface area contributed by atoms with E-state index in [0.29, 0.717) is 12.8 Å². The van der Waals surface area contributed by atoms with E-state index in [9.17, 15) is 9.90 Å². The van der Waals surface area contributed by atoms with E-state index in [1.807, 2.05) is 33.3 Å². The number of rotatable bonds is 7. The highest BCUT2D eigenvalue weighted by Gasteiger charge is 2.09. The average molecular weight is 264 g/mol. The van der Waals surface area contributed by atoms with Crippen LogP contribution in [0.2, 0.25) is 0 Å². The molecule has 19 heavy (non-hydrogen) atoms. The Morgan fingerprint density at radius 2 is 1.84 bits per heavy atom. The van der Waals surface area contributed by atoms with Crippen molar-refractivity contribution in [2.45, 2.75) is 19.3 Å². The van der Waals surface area contributed by atoms with E-state index in [1.165, 1.54) is 0 Å². The molecule has 0 aromatic heterocycles. The molecule has 0 aliphatic rings. The van der Waals surface area contributed by atoms with E-state index in [0.717, 1.165) is 25.1 Å².